The Morgan fingerprint density at radius 1 is 1.12 bits per heavy atom. The summed E-state index contributed by atoms with van der Waals surface area (Å²) in [7, 11) is 0. The average Bonchev–Trinajstić information content (AvgIpc) is 2.30. The number of nitrogens with one attached hydrogen (secondary N) is 2. The lowest BCUT2D eigenvalue weighted by molar-refractivity contribution is 0.0436. The Labute approximate surface area is 94.0 Å². The maximum absolute atomic E-state index is 12.0. The second-order valence-electron chi connectivity index (χ2n) is 4.32. The molecule has 4 heteroatoms. The van der Waals surface area contributed by atoms with E-state index in [-0.39, 0.29) is 11.6 Å². The van der Waals surface area contributed by atoms with Crippen LogP contribution in [0.15, 0.2) is 24.3 Å². The van der Waals surface area contributed by atoms with Gasteiger partial charge in [0, 0.05) is 18.5 Å². The number of carbonyl (C=O) groups is 1. The van der Waals surface area contributed by atoms with Crippen LogP contribution in [0.4, 0.5) is 5.69 Å². The quantitative estimate of drug-likeness (QED) is 0.691. The van der Waals surface area contributed by atoms with Crippen LogP contribution in [0.2, 0.25) is 0 Å². The van der Waals surface area contributed by atoms with Crippen molar-refractivity contribution in [1.29, 1.82) is 0 Å². The summed E-state index contributed by atoms with van der Waals surface area (Å²) in [6.07, 6.45) is 1.63. The molecule has 84 valence electrons. The van der Waals surface area contributed by atoms with E-state index in [2.05, 4.69) is 10.6 Å². The molecule has 16 heavy (non-hydrogen) atoms. The first-order valence-electron chi connectivity index (χ1n) is 5.57. The Morgan fingerprint density at radius 2 is 1.88 bits per heavy atom. The van der Waals surface area contributed by atoms with Crippen LogP contribution in [0, 0.1) is 0 Å². The number of carbonyl (C=O) groups excluding carboxylic acids is 1. The molecule has 1 amide bonds. The van der Waals surface area contributed by atoms with Crippen LogP contribution < -0.4 is 10.6 Å². The molecule has 0 atom stereocenters. The molecule has 3 rings (SSSR count). The molecular weight excluding hydrogens is 204 g/mol. The van der Waals surface area contributed by atoms with E-state index in [4.69, 9.17) is 4.74 Å². The third-order valence-electron chi connectivity index (χ3n) is 3.24. The number of para-hydroxylation sites is 1. The van der Waals surface area contributed by atoms with Crippen molar-refractivity contribution in [2.45, 2.75) is 18.5 Å². The normalized spacial score (nSPS) is 22.1. The van der Waals surface area contributed by atoms with E-state index in [1.54, 1.807) is 0 Å². The van der Waals surface area contributed by atoms with Crippen molar-refractivity contribution in [2.75, 3.05) is 18.5 Å². The van der Waals surface area contributed by atoms with Gasteiger partial charge in [-0.3, -0.25) is 4.79 Å². The fraction of sp³-hybridized carbons (Fsp3) is 0.417. The van der Waals surface area contributed by atoms with Gasteiger partial charge < -0.3 is 15.4 Å². The van der Waals surface area contributed by atoms with Gasteiger partial charge in [-0.05, 0) is 12.1 Å². The number of benzene rings is 1. The van der Waals surface area contributed by atoms with Crippen molar-refractivity contribution < 1.29 is 9.53 Å². The van der Waals surface area contributed by atoms with Crippen LogP contribution in [0.1, 0.15) is 23.2 Å². The zero-order chi connectivity index (χ0) is 11.0. The molecule has 2 aliphatic heterocycles. The molecule has 2 N–H and O–H groups in total. The number of ether oxygens (including phenoxy) is 1. The van der Waals surface area contributed by atoms with Gasteiger partial charge in [0.2, 0.25) is 0 Å². The van der Waals surface area contributed by atoms with Gasteiger partial charge in [0.1, 0.15) is 5.66 Å². The number of hydrogen-bond acceptors (Lipinski definition) is 3. The van der Waals surface area contributed by atoms with Crippen molar-refractivity contribution >= 4 is 11.6 Å². The molecule has 0 saturated carbocycles. The maximum atomic E-state index is 12.0. The van der Waals surface area contributed by atoms with Gasteiger partial charge in [-0.1, -0.05) is 12.1 Å². The lowest BCUT2D eigenvalue weighted by Gasteiger charge is -2.42. The predicted octanol–water partition coefficient (Wildman–Crippen LogP) is 1.35. The van der Waals surface area contributed by atoms with Gasteiger partial charge in [0.25, 0.3) is 5.91 Å². The molecule has 0 radical (unpaired) electrons. The highest BCUT2D eigenvalue weighted by molar-refractivity contribution is 6.02. The molecule has 4 nitrogen and oxygen atoms in total. The maximum Gasteiger partial charge on any atom is 0.255 e. The molecule has 0 aromatic heterocycles. The first-order valence-corrected chi connectivity index (χ1v) is 5.57. The number of fused-ring (bicyclic) bond motifs is 1. The van der Waals surface area contributed by atoms with Crippen LogP contribution in [-0.2, 0) is 4.74 Å². The zero-order valence-electron chi connectivity index (χ0n) is 8.95. The Kier molecular flexibility index (Phi) is 2.11. The first-order chi connectivity index (χ1) is 7.79. The number of amides is 1. The SMILES string of the molecule is O=C1NC2(CCOCC2)Nc2ccccc21. The first kappa shape index (κ1) is 9.66. The van der Waals surface area contributed by atoms with Crippen LogP contribution >= 0.6 is 0 Å². The summed E-state index contributed by atoms with van der Waals surface area (Å²) in [4.78, 5) is 12.0. The van der Waals surface area contributed by atoms with Crippen LogP contribution in [0.3, 0.4) is 0 Å². The molecule has 1 spiro atoms. The van der Waals surface area contributed by atoms with E-state index in [0.717, 1.165) is 24.1 Å². The number of anilines is 1. The van der Waals surface area contributed by atoms with Gasteiger partial charge in [-0.25, -0.2) is 0 Å². The van der Waals surface area contributed by atoms with Crippen LogP contribution in [0.25, 0.3) is 0 Å². The number of hydrogen-bond donors (Lipinski definition) is 2. The summed E-state index contributed by atoms with van der Waals surface area (Å²) < 4.78 is 5.33. The molecule has 0 aliphatic carbocycles. The lowest BCUT2D eigenvalue weighted by Crippen LogP contribution is -2.60. The van der Waals surface area contributed by atoms with Gasteiger partial charge in [0.15, 0.2) is 0 Å². The average molecular weight is 218 g/mol. The molecule has 1 saturated heterocycles. The highest BCUT2D eigenvalue weighted by Gasteiger charge is 2.38. The summed E-state index contributed by atoms with van der Waals surface area (Å²) in [5.41, 5.74) is 1.34. The Morgan fingerprint density at radius 3 is 2.69 bits per heavy atom. The molecule has 1 fully saturated rings. The Bertz CT molecular complexity index is 425. The zero-order valence-corrected chi connectivity index (χ0v) is 8.95. The molecule has 0 unspecified atom stereocenters. The fourth-order valence-corrected chi connectivity index (χ4v) is 2.33. The molecule has 1 aromatic carbocycles. The van der Waals surface area contributed by atoms with E-state index in [9.17, 15) is 4.79 Å². The summed E-state index contributed by atoms with van der Waals surface area (Å²) in [6.45, 7) is 1.38. The van der Waals surface area contributed by atoms with E-state index < -0.39 is 0 Å². The van der Waals surface area contributed by atoms with E-state index >= 15 is 0 Å². The number of rotatable bonds is 0. The van der Waals surface area contributed by atoms with E-state index in [0.29, 0.717) is 13.2 Å². The smallest absolute Gasteiger partial charge is 0.255 e. The summed E-state index contributed by atoms with van der Waals surface area (Å²) in [6, 6.07) is 7.61. The second kappa shape index (κ2) is 3.49. The van der Waals surface area contributed by atoms with Crippen molar-refractivity contribution in [3.05, 3.63) is 29.8 Å². The third kappa shape index (κ3) is 1.46. The Hall–Kier alpha value is -1.55. The molecule has 0 bridgehead atoms. The summed E-state index contributed by atoms with van der Waals surface area (Å²) in [5.74, 6) is 0.0104. The highest BCUT2D eigenvalue weighted by Crippen LogP contribution is 2.30. The van der Waals surface area contributed by atoms with Crippen molar-refractivity contribution in [3.8, 4) is 0 Å². The predicted molar refractivity (Wildman–Crippen MR) is 60.3 cm³/mol. The standard InChI is InChI=1S/C12H14N2O2/c15-11-9-3-1-2-4-10(9)13-12(14-11)5-7-16-8-6-12/h1-4,13H,5-8H2,(H,14,15). The topological polar surface area (TPSA) is 50.4 Å². The van der Waals surface area contributed by atoms with Gasteiger partial charge in [0.05, 0.1) is 18.8 Å². The Balaban J connectivity index is 1.96. The minimum Gasteiger partial charge on any atom is -0.381 e. The van der Waals surface area contributed by atoms with E-state index in [1.165, 1.54) is 0 Å². The molecular formula is C12H14N2O2. The third-order valence-corrected chi connectivity index (χ3v) is 3.24. The minimum atomic E-state index is -0.302. The monoisotopic (exact) mass is 218 g/mol. The van der Waals surface area contributed by atoms with Crippen molar-refractivity contribution in [1.82, 2.24) is 5.32 Å². The van der Waals surface area contributed by atoms with Crippen LogP contribution in [0.5, 0.6) is 0 Å². The minimum absolute atomic E-state index is 0.0104. The molecule has 1 aromatic rings. The van der Waals surface area contributed by atoms with Crippen molar-refractivity contribution in [3.63, 3.8) is 0 Å². The van der Waals surface area contributed by atoms with Gasteiger partial charge >= 0.3 is 0 Å². The lowest BCUT2D eigenvalue weighted by atomic mass is 9.95. The molecule has 2 aliphatic rings. The largest absolute Gasteiger partial charge is 0.381 e. The van der Waals surface area contributed by atoms with Gasteiger partial charge in [-0.15, -0.1) is 0 Å². The van der Waals surface area contributed by atoms with Crippen molar-refractivity contribution in [2.24, 2.45) is 0 Å². The van der Waals surface area contributed by atoms with E-state index in [1.807, 2.05) is 24.3 Å². The highest BCUT2D eigenvalue weighted by atomic mass is 16.5. The fourth-order valence-electron chi connectivity index (χ4n) is 2.33. The van der Waals surface area contributed by atoms with Crippen LogP contribution in [-0.4, -0.2) is 24.8 Å². The molecule has 2 heterocycles. The summed E-state index contributed by atoms with van der Waals surface area (Å²) >= 11 is 0. The summed E-state index contributed by atoms with van der Waals surface area (Å²) in [5, 5.41) is 6.49. The second-order valence-corrected chi connectivity index (χ2v) is 4.32. The van der Waals surface area contributed by atoms with Gasteiger partial charge in [-0.2, -0.15) is 0 Å².